The van der Waals surface area contributed by atoms with Gasteiger partial charge in [0.1, 0.15) is 0 Å². The van der Waals surface area contributed by atoms with E-state index in [0.29, 0.717) is 0 Å². The van der Waals surface area contributed by atoms with Crippen LogP contribution in [0.1, 0.15) is 19.3 Å². The molecule has 2 nitrogen and oxygen atoms in total. The van der Waals surface area contributed by atoms with E-state index in [-0.39, 0.29) is 57.8 Å². The van der Waals surface area contributed by atoms with Gasteiger partial charge in [-0.3, -0.25) is 0 Å². The van der Waals surface area contributed by atoms with Crippen LogP contribution in [0.25, 0.3) is 0 Å². The normalized spacial score (nSPS) is 11.4. The van der Waals surface area contributed by atoms with Gasteiger partial charge in [0.25, 0.3) is 0 Å². The Morgan fingerprint density at radius 3 is 1.37 bits per heavy atom. The summed E-state index contributed by atoms with van der Waals surface area (Å²) in [5.41, 5.74) is 0. The monoisotopic (exact) mass is 404 g/mol. The van der Waals surface area contributed by atoms with Crippen LogP contribution in [0.15, 0.2) is 91.0 Å². The van der Waals surface area contributed by atoms with E-state index in [1.807, 2.05) is 0 Å². The Kier molecular flexibility index (Phi) is 9.38. The number of carbonyl (C=O) groups is 1. The molecule has 0 spiro atoms. The fourth-order valence-corrected chi connectivity index (χ4v) is 8.70. The molecular weight excluding hydrogens is 378 g/mol. The number of hydrogen-bond donors (Lipinski definition) is 1. The van der Waals surface area contributed by atoms with E-state index in [1.54, 1.807) is 0 Å². The molecule has 3 aromatic carbocycles. The molecule has 0 fully saturated rings. The number of aliphatic carboxylic acids is 1. The molecule has 4 heteroatoms. The van der Waals surface area contributed by atoms with Crippen molar-refractivity contribution in [3.63, 3.8) is 0 Å². The van der Waals surface area contributed by atoms with Gasteiger partial charge in [-0.2, -0.15) is 0 Å². The van der Waals surface area contributed by atoms with Gasteiger partial charge in [0.05, 0.1) is 0 Å². The van der Waals surface area contributed by atoms with Crippen molar-refractivity contribution in [2.75, 3.05) is 6.16 Å². The van der Waals surface area contributed by atoms with Gasteiger partial charge in [-0.15, -0.1) is 0 Å². The van der Waals surface area contributed by atoms with E-state index in [9.17, 15) is 4.79 Å². The van der Waals surface area contributed by atoms with Crippen molar-refractivity contribution in [3.05, 3.63) is 91.0 Å². The second-order valence-electron chi connectivity index (χ2n) is 6.60. The molecule has 3 rings (SSSR count). The minimum absolute atomic E-state index is 0. The van der Waals surface area contributed by atoms with Crippen LogP contribution in [0.5, 0.6) is 0 Å². The third-order valence-electron chi connectivity index (χ3n) is 4.99. The van der Waals surface area contributed by atoms with Crippen LogP contribution in [-0.4, -0.2) is 68.6 Å². The average Bonchev–Trinajstić information content (AvgIpc) is 2.70. The Morgan fingerprint density at radius 2 is 1.04 bits per heavy atom. The van der Waals surface area contributed by atoms with Crippen LogP contribution in [0, 0.1) is 0 Å². The Morgan fingerprint density at radius 1 is 0.667 bits per heavy atom. The van der Waals surface area contributed by atoms with Crippen LogP contribution >= 0.6 is 7.26 Å². The first-order valence-corrected chi connectivity index (χ1v) is 11.3. The molecule has 27 heavy (non-hydrogen) atoms. The van der Waals surface area contributed by atoms with Gasteiger partial charge in [0, 0.05) is 0 Å². The van der Waals surface area contributed by atoms with Crippen LogP contribution < -0.4 is 15.9 Å². The van der Waals surface area contributed by atoms with Crippen molar-refractivity contribution in [2.45, 2.75) is 19.3 Å². The molecule has 3 aromatic rings. The fourth-order valence-electron chi connectivity index (χ4n) is 3.77. The molecule has 0 unspecified atom stereocenters. The van der Waals surface area contributed by atoms with Crippen molar-refractivity contribution in [1.82, 2.24) is 0 Å². The van der Waals surface area contributed by atoms with E-state index in [4.69, 9.17) is 5.11 Å². The maximum atomic E-state index is 10.9. The van der Waals surface area contributed by atoms with Crippen LogP contribution in [-0.2, 0) is 4.79 Å². The quantitative estimate of drug-likeness (QED) is 0.355. The molecule has 136 valence electrons. The summed E-state index contributed by atoms with van der Waals surface area (Å²) in [4.78, 5) is 10.9. The summed E-state index contributed by atoms with van der Waals surface area (Å²) in [7, 11) is -2.19. The van der Waals surface area contributed by atoms with E-state index in [0.717, 1.165) is 19.0 Å². The van der Waals surface area contributed by atoms with E-state index in [2.05, 4.69) is 91.0 Å². The van der Waals surface area contributed by atoms with Gasteiger partial charge in [-0.25, -0.2) is 0 Å². The standard InChI is InChI=1S/C23H25O2P.K.H/c24-23(25)18-10-11-19-26(20-12-4-1-5-13-20,21-14-6-2-7-15-21)22-16-8-3-9-17-22;;/h1-9,12-17,26H,10-11,18-19H2,(H,24,25);;. The topological polar surface area (TPSA) is 37.3 Å². The second kappa shape index (κ2) is 11.3. The maximum absolute atomic E-state index is 10.9. The Balaban J connectivity index is 0.00000261. The molecule has 0 heterocycles. The summed E-state index contributed by atoms with van der Waals surface area (Å²) in [5, 5.41) is 13.2. The molecule has 0 amide bonds. The van der Waals surface area contributed by atoms with Crippen molar-refractivity contribution >= 4 is 80.5 Å². The molecule has 0 saturated heterocycles. The molecule has 0 saturated carbocycles. The Labute approximate surface area is 204 Å². The van der Waals surface area contributed by atoms with Crippen molar-refractivity contribution in [1.29, 1.82) is 0 Å². The molecular formula is C23H26KO2P. The molecule has 0 atom stereocenters. The van der Waals surface area contributed by atoms with Crippen molar-refractivity contribution in [3.8, 4) is 0 Å². The van der Waals surface area contributed by atoms with E-state index < -0.39 is 13.2 Å². The summed E-state index contributed by atoms with van der Waals surface area (Å²) in [6, 6.07) is 32.3. The molecule has 0 radical (unpaired) electrons. The minimum atomic E-state index is -2.19. The van der Waals surface area contributed by atoms with Gasteiger partial charge in [-0.05, 0) is 0 Å². The van der Waals surface area contributed by atoms with Gasteiger partial charge < -0.3 is 0 Å². The summed E-state index contributed by atoms with van der Waals surface area (Å²) < 4.78 is 0. The van der Waals surface area contributed by atoms with Gasteiger partial charge >= 0.3 is 207 Å². The van der Waals surface area contributed by atoms with Crippen LogP contribution in [0.3, 0.4) is 0 Å². The summed E-state index contributed by atoms with van der Waals surface area (Å²) in [6.45, 7) is 0. The van der Waals surface area contributed by atoms with E-state index >= 15 is 0 Å². The van der Waals surface area contributed by atoms with Crippen molar-refractivity contribution in [2.24, 2.45) is 0 Å². The fraction of sp³-hybridized carbons (Fsp3) is 0.174. The number of rotatable bonds is 8. The number of benzene rings is 3. The third-order valence-corrected chi connectivity index (χ3v) is 10.1. The van der Waals surface area contributed by atoms with Gasteiger partial charge in [-0.1, -0.05) is 0 Å². The van der Waals surface area contributed by atoms with Crippen LogP contribution in [0.2, 0.25) is 0 Å². The first kappa shape index (κ1) is 22.5. The summed E-state index contributed by atoms with van der Waals surface area (Å²) >= 11 is 0. The average molecular weight is 405 g/mol. The van der Waals surface area contributed by atoms with Crippen LogP contribution in [0.4, 0.5) is 0 Å². The first-order valence-electron chi connectivity index (χ1n) is 9.12. The zero-order valence-electron chi connectivity index (χ0n) is 14.8. The zero-order chi connectivity index (χ0) is 18.2. The summed E-state index contributed by atoms with van der Waals surface area (Å²) in [6.07, 6.45) is 2.88. The van der Waals surface area contributed by atoms with Gasteiger partial charge in [0.2, 0.25) is 0 Å². The predicted molar refractivity (Wildman–Crippen MR) is 120 cm³/mol. The number of carboxylic acid groups (broad SMARTS) is 1. The summed E-state index contributed by atoms with van der Waals surface area (Å²) in [5.74, 6) is -0.712. The molecule has 0 aromatic heterocycles. The second-order valence-corrected chi connectivity index (χ2v) is 10.6. The van der Waals surface area contributed by atoms with Crippen molar-refractivity contribution < 1.29 is 9.90 Å². The molecule has 0 bridgehead atoms. The predicted octanol–water partition coefficient (Wildman–Crippen LogP) is 3.32. The molecule has 0 aliphatic carbocycles. The number of carboxylic acids is 1. The first-order chi connectivity index (χ1) is 12.7. The molecule has 1 N–H and O–H groups in total. The number of hydrogen-bond acceptors (Lipinski definition) is 1. The zero-order valence-corrected chi connectivity index (χ0v) is 15.8. The Hall–Kier alpha value is -0.804. The third kappa shape index (κ3) is 5.60. The molecule has 0 aliphatic rings. The molecule has 0 aliphatic heterocycles. The number of unbranched alkanes of at least 4 members (excludes halogenated alkanes) is 1. The van der Waals surface area contributed by atoms with E-state index in [1.165, 1.54) is 15.9 Å². The Bertz CT molecular complexity index is 726. The SMILES string of the molecule is O=C(O)CCCC[PH](c1ccccc1)(c1ccccc1)c1ccccc1.[KH]. The van der Waals surface area contributed by atoms with Gasteiger partial charge in [0.15, 0.2) is 0 Å².